The molecule has 0 spiro atoms. The molecule has 0 radical (unpaired) electrons. The fraction of sp³-hybridized carbons (Fsp3) is 0.889. The highest BCUT2D eigenvalue weighted by atomic mass is 32.2. The maximum Gasteiger partial charge on any atom is 0.319 e. The molecule has 1 heterocycles. The molecule has 0 aromatic rings. The summed E-state index contributed by atoms with van der Waals surface area (Å²) in [6.07, 6.45) is 2.31. The summed E-state index contributed by atoms with van der Waals surface area (Å²) in [6, 6.07) is 0. The van der Waals surface area contributed by atoms with Gasteiger partial charge in [-0.3, -0.25) is 9.00 Å². The second-order valence-corrected chi connectivity index (χ2v) is 5.08. The van der Waals surface area contributed by atoms with E-state index in [9.17, 15) is 9.00 Å². The van der Waals surface area contributed by atoms with E-state index in [1.165, 1.54) is 0 Å². The standard InChI is InChI=1S/C9H16O4S/c1-2-8(9(10)11)14(12)6-7-4-3-5-13-7/h7-8H,2-6H2,1H3,(H,10,11). The molecular formula is C9H16O4S. The lowest BCUT2D eigenvalue weighted by Gasteiger charge is -2.13. The van der Waals surface area contributed by atoms with E-state index in [0.29, 0.717) is 18.8 Å². The Morgan fingerprint density at radius 3 is 2.86 bits per heavy atom. The van der Waals surface area contributed by atoms with Crippen molar-refractivity contribution in [1.82, 2.24) is 0 Å². The molecule has 0 aromatic carbocycles. The molecule has 1 aliphatic heterocycles. The first kappa shape index (κ1) is 11.7. The van der Waals surface area contributed by atoms with Gasteiger partial charge in [-0.15, -0.1) is 0 Å². The number of carbonyl (C=O) groups is 1. The molecule has 4 nitrogen and oxygen atoms in total. The summed E-state index contributed by atoms with van der Waals surface area (Å²) in [5.74, 6) is -0.603. The fourth-order valence-electron chi connectivity index (χ4n) is 1.55. The highest BCUT2D eigenvalue weighted by molar-refractivity contribution is 7.86. The molecule has 1 fully saturated rings. The summed E-state index contributed by atoms with van der Waals surface area (Å²) < 4.78 is 16.9. The third kappa shape index (κ3) is 3.06. The Hall–Kier alpha value is -0.420. The Morgan fingerprint density at radius 2 is 2.43 bits per heavy atom. The number of carboxylic acid groups (broad SMARTS) is 1. The van der Waals surface area contributed by atoms with Gasteiger partial charge in [0, 0.05) is 17.4 Å². The minimum absolute atomic E-state index is 0.00392. The van der Waals surface area contributed by atoms with Crippen LogP contribution in [0.25, 0.3) is 0 Å². The van der Waals surface area contributed by atoms with Gasteiger partial charge < -0.3 is 9.84 Å². The van der Waals surface area contributed by atoms with Gasteiger partial charge in [-0.2, -0.15) is 0 Å². The largest absolute Gasteiger partial charge is 0.480 e. The maximum atomic E-state index is 11.6. The Labute approximate surface area is 86.1 Å². The number of rotatable bonds is 5. The van der Waals surface area contributed by atoms with Crippen LogP contribution in [0.2, 0.25) is 0 Å². The lowest BCUT2D eigenvalue weighted by Crippen LogP contribution is -2.30. The third-order valence-corrected chi connectivity index (χ3v) is 4.21. The molecular weight excluding hydrogens is 204 g/mol. The van der Waals surface area contributed by atoms with Crippen LogP contribution >= 0.6 is 0 Å². The second-order valence-electron chi connectivity index (χ2n) is 3.42. The van der Waals surface area contributed by atoms with Crippen LogP contribution in [0.15, 0.2) is 0 Å². The van der Waals surface area contributed by atoms with Crippen LogP contribution in [0, 0.1) is 0 Å². The van der Waals surface area contributed by atoms with Crippen molar-refractivity contribution >= 4 is 16.8 Å². The minimum Gasteiger partial charge on any atom is -0.480 e. The van der Waals surface area contributed by atoms with Crippen molar-refractivity contribution in [3.8, 4) is 0 Å². The van der Waals surface area contributed by atoms with Gasteiger partial charge in [0.2, 0.25) is 0 Å². The van der Waals surface area contributed by atoms with Crippen LogP contribution in [0.1, 0.15) is 26.2 Å². The summed E-state index contributed by atoms with van der Waals surface area (Å²) in [4.78, 5) is 10.7. The van der Waals surface area contributed by atoms with E-state index < -0.39 is 22.0 Å². The molecule has 1 N–H and O–H groups in total. The number of carboxylic acids is 1. The summed E-state index contributed by atoms with van der Waals surface area (Å²) in [7, 11) is -1.30. The van der Waals surface area contributed by atoms with Crippen LogP contribution < -0.4 is 0 Å². The average molecular weight is 220 g/mol. The van der Waals surface area contributed by atoms with Gasteiger partial charge in [0.05, 0.1) is 11.9 Å². The van der Waals surface area contributed by atoms with Gasteiger partial charge in [-0.05, 0) is 19.3 Å². The molecule has 1 rings (SSSR count). The number of hydrogen-bond acceptors (Lipinski definition) is 3. The van der Waals surface area contributed by atoms with E-state index in [4.69, 9.17) is 9.84 Å². The number of hydrogen-bond donors (Lipinski definition) is 1. The molecule has 5 heteroatoms. The van der Waals surface area contributed by atoms with Crippen LogP contribution in [-0.2, 0) is 20.3 Å². The smallest absolute Gasteiger partial charge is 0.319 e. The Morgan fingerprint density at radius 1 is 1.71 bits per heavy atom. The third-order valence-electron chi connectivity index (χ3n) is 2.34. The zero-order chi connectivity index (χ0) is 10.6. The molecule has 0 saturated carbocycles. The molecule has 0 amide bonds. The van der Waals surface area contributed by atoms with Crippen LogP contribution in [0.3, 0.4) is 0 Å². The predicted molar refractivity (Wildman–Crippen MR) is 53.7 cm³/mol. The zero-order valence-corrected chi connectivity index (χ0v) is 9.09. The van der Waals surface area contributed by atoms with Crippen LogP contribution in [0.5, 0.6) is 0 Å². The fourth-order valence-corrected chi connectivity index (χ4v) is 3.01. The van der Waals surface area contributed by atoms with Crippen molar-refractivity contribution in [3.05, 3.63) is 0 Å². The number of aliphatic carboxylic acids is 1. The van der Waals surface area contributed by atoms with E-state index >= 15 is 0 Å². The molecule has 0 aliphatic carbocycles. The van der Waals surface area contributed by atoms with Crippen molar-refractivity contribution in [3.63, 3.8) is 0 Å². The van der Waals surface area contributed by atoms with Crippen molar-refractivity contribution in [2.45, 2.75) is 37.5 Å². The van der Waals surface area contributed by atoms with Gasteiger partial charge in [-0.25, -0.2) is 0 Å². The van der Waals surface area contributed by atoms with E-state index in [1.807, 2.05) is 0 Å². The molecule has 82 valence electrons. The minimum atomic E-state index is -1.30. The van der Waals surface area contributed by atoms with E-state index in [0.717, 1.165) is 12.8 Å². The molecule has 0 bridgehead atoms. The molecule has 1 aliphatic rings. The summed E-state index contributed by atoms with van der Waals surface area (Å²) in [5.41, 5.74) is 0. The van der Waals surface area contributed by atoms with Crippen molar-refractivity contribution in [2.24, 2.45) is 0 Å². The molecule has 3 unspecified atom stereocenters. The van der Waals surface area contributed by atoms with Gasteiger partial charge >= 0.3 is 5.97 Å². The lowest BCUT2D eigenvalue weighted by atomic mass is 10.3. The Bertz CT molecular complexity index is 223. The Kier molecular flexibility index (Phi) is 4.54. The lowest BCUT2D eigenvalue weighted by molar-refractivity contribution is -0.136. The summed E-state index contributed by atoms with van der Waals surface area (Å²) >= 11 is 0. The maximum absolute atomic E-state index is 11.6. The topological polar surface area (TPSA) is 63.6 Å². The van der Waals surface area contributed by atoms with Crippen LogP contribution in [-0.4, -0.2) is 39.0 Å². The van der Waals surface area contributed by atoms with E-state index in [2.05, 4.69) is 0 Å². The highest BCUT2D eigenvalue weighted by Gasteiger charge is 2.26. The quantitative estimate of drug-likeness (QED) is 0.743. The van der Waals surface area contributed by atoms with E-state index in [1.54, 1.807) is 6.92 Å². The predicted octanol–water partition coefficient (Wildman–Crippen LogP) is 0.777. The van der Waals surface area contributed by atoms with Gasteiger partial charge in [0.1, 0.15) is 5.25 Å². The monoisotopic (exact) mass is 220 g/mol. The first-order chi connectivity index (χ1) is 6.65. The van der Waals surface area contributed by atoms with E-state index in [-0.39, 0.29) is 6.10 Å². The highest BCUT2D eigenvalue weighted by Crippen LogP contribution is 2.15. The Balaban J connectivity index is 2.42. The van der Waals surface area contributed by atoms with Gasteiger partial charge in [0.25, 0.3) is 0 Å². The van der Waals surface area contributed by atoms with Crippen molar-refractivity contribution in [1.29, 1.82) is 0 Å². The first-order valence-electron chi connectivity index (χ1n) is 4.86. The van der Waals surface area contributed by atoms with Gasteiger partial charge in [-0.1, -0.05) is 6.92 Å². The number of ether oxygens (including phenoxy) is 1. The summed E-state index contributed by atoms with van der Waals surface area (Å²) in [5, 5.41) is 8.05. The molecule has 1 saturated heterocycles. The average Bonchev–Trinajstić information content (AvgIpc) is 2.57. The van der Waals surface area contributed by atoms with Gasteiger partial charge in [0.15, 0.2) is 0 Å². The normalized spacial score (nSPS) is 25.9. The molecule has 0 aromatic heterocycles. The molecule has 3 atom stereocenters. The molecule has 14 heavy (non-hydrogen) atoms. The van der Waals surface area contributed by atoms with Crippen LogP contribution in [0.4, 0.5) is 0 Å². The van der Waals surface area contributed by atoms with Crippen molar-refractivity contribution in [2.75, 3.05) is 12.4 Å². The SMILES string of the molecule is CCC(C(=O)O)S(=O)CC1CCCO1. The first-order valence-corrected chi connectivity index (χ1v) is 6.25. The second kappa shape index (κ2) is 5.46. The van der Waals surface area contributed by atoms with Crippen molar-refractivity contribution < 1.29 is 18.8 Å². The summed E-state index contributed by atoms with van der Waals surface area (Å²) in [6.45, 7) is 2.46. The zero-order valence-electron chi connectivity index (χ0n) is 8.27.